The molecule has 22 heavy (non-hydrogen) atoms. The highest BCUT2D eigenvalue weighted by molar-refractivity contribution is 5.35. The lowest BCUT2D eigenvalue weighted by Gasteiger charge is -2.32. The van der Waals surface area contributed by atoms with Gasteiger partial charge >= 0.3 is 0 Å². The molecule has 0 spiro atoms. The molecule has 0 unspecified atom stereocenters. The average molecular weight is 297 g/mol. The van der Waals surface area contributed by atoms with Gasteiger partial charge in [0.25, 0.3) is 0 Å². The van der Waals surface area contributed by atoms with Gasteiger partial charge in [-0.2, -0.15) is 0 Å². The summed E-state index contributed by atoms with van der Waals surface area (Å²) < 4.78 is 11.5. The van der Waals surface area contributed by atoms with Crippen LogP contribution in [0, 0.1) is 6.92 Å². The highest BCUT2D eigenvalue weighted by Gasteiger charge is 2.34. The second-order valence-corrected chi connectivity index (χ2v) is 5.40. The van der Waals surface area contributed by atoms with Crippen molar-refractivity contribution < 1.29 is 9.47 Å². The van der Waals surface area contributed by atoms with E-state index in [1.54, 1.807) is 14.2 Å². The van der Waals surface area contributed by atoms with Crippen LogP contribution in [0.25, 0.3) is 0 Å². The summed E-state index contributed by atoms with van der Waals surface area (Å²) >= 11 is 0. The molecule has 117 valence electrons. The summed E-state index contributed by atoms with van der Waals surface area (Å²) in [6.07, 6.45) is 4.45. The standard InChI is InChI=1S/C20H25O2/c1-4-5-7-10-17-13-15-19(16-14-17)20(21-2,22-3)18-11-8-6-9-12-18/h6,8-9,11-16H,1,4-5,7,10H2,2-3H3. The van der Waals surface area contributed by atoms with Gasteiger partial charge in [-0.15, -0.1) is 0 Å². The number of hydrogen-bond acceptors (Lipinski definition) is 2. The summed E-state index contributed by atoms with van der Waals surface area (Å²) in [6.45, 7) is 3.89. The van der Waals surface area contributed by atoms with Crippen molar-refractivity contribution in [2.75, 3.05) is 14.2 Å². The first kappa shape index (κ1) is 16.7. The zero-order valence-corrected chi connectivity index (χ0v) is 13.5. The molecule has 0 bridgehead atoms. The highest BCUT2D eigenvalue weighted by Crippen LogP contribution is 2.34. The summed E-state index contributed by atoms with van der Waals surface area (Å²) in [4.78, 5) is 0. The van der Waals surface area contributed by atoms with Gasteiger partial charge in [-0.25, -0.2) is 0 Å². The molecular weight excluding hydrogens is 272 g/mol. The smallest absolute Gasteiger partial charge is 0.221 e. The Hall–Kier alpha value is -1.64. The van der Waals surface area contributed by atoms with Gasteiger partial charge in [0.1, 0.15) is 0 Å². The Morgan fingerprint density at radius 2 is 1.41 bits per heavy atom. The Balaban J connectivity index is 2.26. The molecule has 2 rings (SSSR count). The Bertz CT molecular complexity index is 542. The average Bonchev–Trinajstić information content (AvgIpc) is 2.59. The third-order valence-electron chi connectivity index (χ3n) is 4.03. The Morgan fingerprint density at radius 3 is 1.95 bits per heavy atom. The topological polar surface area (TPSA) is 18.5 Å². The molecule has 2 heteroatoms. The summed E-state index contributed by atoms with van der Waals surface area (Å²) in [5, 5.41) is 0. The van der Waals surface area contributed by atoms with E-state index in [1.165, 1.54) is 18.4 Å². The molecule has 2 aromatic carbocycles. The normalized spacial score (nSPS) is 11.6. The number of hydrogen-bond donors (Lipinski definition) is 0. The second kappa shape index (κ2) is 8.11. The van der Waals surface area contributed by atoms with E-state index in [-0.39, 0.29) is 0 Å². The van der Waals surface area contributed by atoms with E-state index in [9.17, 15) is 0 Å². The van der Waals surface area contributed by atoms with Gasteiger partial charge in [0, 0.05) is 25.3 Å². The predicted molar refractivity (Wildman–Crippen MR) is 90.6 cm³/mol. The molecule has 2 nitrogen and oxygen atoms in total. The quantitative estimate of drug-likeness (QED) is 0.518. The van der Waals surface area contributed by atoms with Crippen LogP contribution in [0.4, 0.5) is 0 Å². The highest BCUT2D eigenvalue weighted by atomic mass is 16.7. The predicted octanol–water partition coefficient (Wildman–Crippen LogP) is 4.73. The van der Waals surface area contributed by atoms with E-state index in [0.29, 0.717) is 0 Å². The molecule has 0 aliphatic rings. The minimum absolute atomic E-state index is 0.854. The number of methoxy groups -OCH3 is 2. The first-order valence-electron chi connectivity index (χ1n) is 7.81. The van der Waals surface area contributed by atoms with Gasteiger partial charge < -0.3 is 9.47 Å². The monoisotopic (exact) mass is 297 g/mol. The number of benzene rings is 2. The molecule has 0 fully saturated rings. The first-order chi connectivity index (χ1) is 10.8. The summed E-state index contributed by atoms with van der Waals surface area (Å²) in [5.41, 5.74) is 3.33. The minimum atomic E-state index is -0.854. The van der Waals surface area contributed by atoms with E-state index in [4.69, 9.17) is 9.47 Å². The molecule has 0 saturated carbocycles. The van der Waals surface area contributed by atoms with Crippen molar-refractivity contribution in [2.24, 2.45) is 0 Å². The van der Waals surface area contributed by atoms with Crippen LogP contribution in [-0.4, -0.2) is 14.2 Å². The fraction of sp³-hybridized carbons (Fsp3) is 0.350. The van der Waals surface area contributed by atoms with Gasteiger partial charge in [0.15, 0.2) is 0 Å². The maximum Gasteiger partial charge on any atom is 0.221 e. The van der Waals surface area contributed by atoms with Crippen LogP contribution in [0.5, 0.6) is 0 Å². The molecule has 0 aliphatic heterocycles. The summed E-state index contributed by atoms with van der Waals surface area (Å²) in [6, 6.07) is 18.5. The van der Waals surface area contributed by atoms with Crippen molar-refractivity contribution in [3.63, 3.8) is 0 Å². The largest absolute Gasteiger partial charge is 0.346 e. The lowest BCUT2D eigenvalue weighted by molar-refractivity contribution is -0.183. The Kier molecular flexibility index (Phi) is 6.17. The SMILES string of the molecule is [CH2]CCCCc1ccc(C(OC)(OC)c2ccccc2)cc1. The van der Waals surface area contributed by atoms with Crippen molar-refractivity contribution in [3.05, 3.63) is 78.2 Å². The third-order valence-corrected chi connectivity index (χ3v) is 4.03. The molecule has 0 atom stereocenters. The van der Waals surface area contributed by atoms with E-state index >= 15 is 0 Å². The van der Waals surface area contributed by atoms with Crippen LogP contribution in [-0.2, 0) is 21.7 Å². The minimum Gasteiger partial charge on any atom is -0.346 e. The molecular formula is C20H25O2. The van der Waals surface area contributed by atoms with E-state index in [1.807, 2.05) is 30.3 Å². The van der Waals surface area contributed by atoms with Crippen LogP contribution in [0.1, 0.15) is 36.0 Å². The van der Waals surface area contributed by atoms with Crippen LogP contribution >= 0.6 is 0 Å². The second-order valence-electron chi connectivity index (χ2n) is 5.40. The lowest BCUT2D eigenvalue weighted by Crippen LogP contribution is -2.32. The van der Waals surface area contributed by atoms with Gasteiger partial charge in [-0.05, 0) is 18.4 Å². The number of rotatable bonds is 8. The fourth-order valence-corrected chi connectivity index (χ4v) is 2.78. The van der Waals surface area contributed by atoms with E-state index in [2.05, 4.69) is 31.2 Å². The molecule has 2 aromatic rings. The maximum atomic E-state index is 5.77. The van der Waals surface area contributed by atoms with Crippen molar-refractivity contribution in [2.45, 2.75) is 31.5 Å². The molecule has 0 N–H and O–H groups in total. The molecule has 0 amide bonds. The van der Waals surface area contributed by atoms with Gasteiger partial charge in [-0.1, -0.05) is 74.4 Å². The fourth-order valence-electron chi connectivity index (χ4n) is 2.78. The Labute approximate surface area is 134 Å². The van der Waals surface area contributed by atoms with E-state index in [0.717, 1.165) is 24.0 Å². The zero-order chi connectivity index (χ0) is 15.8. The van der Waals surface area contributed by atoms with Crippen molar-refractivity contribution in [3.8, 4) is 0 Å². The number of aryl methyl sites for hydroxylation is 1. The van der Waals surface area contributed by atoms with Crippen LogP contribution in [0.15, 0.2) is 54.6 Å². The molecule has 1 radical (unpaired) electrons. The number of ether oxygens (including phenoxy) is 2. The summed E-state index contributed by atoms with van der Waals surface area (Å²) in [7, 11) is 3.36. The van der Waals surface area contributed by atoms with Gasteiger partial charge in [-0.3, -0.25) is 0 Å². The van der Waals surface area contributed by atoms with Crippen LogP contribution in [0.3, 0.4) is 0 Å². The number of unbranched alkanes of at least 4 members (excludes halogenated alkanes) is 2. The third kappa shape index (κ3) is 3.57. The van der Waals surface area contributed by atoms with E-state index < -0.39 is 5.79 Å². The van der Waals surface area contributed by atoms with Crippen molar-refractivity contribution in [1.29, 1.82) is 0 Å². The summed E-state index contributed by atoms with van der Waals surface area (Å²) in [5.74, 6) is -0.854. The first-order valence-corrected chi connectivity index (χ1v) is 7.81. The zero-order valence-electron chi connectivity index (χ0n) is 13.5. The molecule has 0 heterocycles. The van der Waals surface area contributed by atoms with Gasteiger partial charge in [0.2, 0.25) is 5.79 Å². The molecule has 0 aromatic heterocycles. The Morgan fingerprint density at radius 1 is 0.818 bits per heavy atom. The van der Waals surface area contributed by atoms with Crippen LogP contribution in [0.2, 0.25) is 0 Å². The lowest BCUT2D eigenvalue weighted by atomic mass is 9.95. The van der Waals surface area contributed by atoms with Gasteiger partial charge in [0.05, 0.1) is 0 Å². The molecule has 0 saturated heterocycles. The van der Waals surface area contributed by atoms with Crippen molar-refractivity contribution in [1.82, 2.24) is 0 Å². The molecule has 0 aliphatic carbocycles. The van der Waals surface area contributed by atoms with Crippen LogP contribution < -0.4 is 0 Å². The van der Waals surface area contributed by atoms with Crippen molar-refractivity contribution >= 4 is 0 Å². The maximum absolute atomic E-state index is 5.77.